The maximum absolute atomic E-state index is 11.8. The summed E-state index contributed by atoms with van der Waals surface area (Å²) in [5.74, 6) is 0.925. The van der Waals surface area contributed by atoms with Gasteiger partial charge >= 0.3 is 0 Å². The number of carbonyl (C=O) groups excluding carboxylic acids is 3. The van der Waals surface area contributed by atoms with Gasteiger partial charge in [-0.3, -0.25) is 14.4 Å². The number of aromatic nitrogens is 1. The first-order valence-corrected chi connectivity index (χ1v) is 14.5. The van der Waals surface area contributed by atoms with Gasteiger partial charge in [-0.1, -0.05) is 64.5 Å². The summed E-state index contributed by atoms with van der Waals surface area (Å²) >= 11 is 3.54. The van der Waals surface area contributed by atoms with Gasteiger partial charge in [0.25, 0.3) is 5.91 Å². The van der Waals surface area contributed by atoms with E-state index in [-0.39, 0.29) is 17.7 Å². The topological polar surface area (TPSA) is 88.9 Å². The van der Waals surface area contributed by atoms with Crippen molar-refractivity contribution in [2.75, 3.05) is 11.4 Å². The summed E-state index contributed by atoms with van der Waals surface area (Å²) in [5, 5.41) is 1.08. The van der Waals surface area contributed by atoms with Crippen LogP contribution in [0.4, 0.5) is 5.82 Å². The first kappa shape index (κ1) is 28.4. The summed E-state index contributed by atoms with van der Waals surface area (Å²) in [6, 6.07) is 25.2. The van der Waals surface area contributed by atoms with E-state index in [1.165, 1.54) is 5.56 Å². The van der Waals surface area contributed by atoms with Crippen molar-refractivity contribution in [3.8, 4) is 5.75 Å². The highest BCUT2D eigenvalue weighted by Gasteiger charge is 2.29. The van der Waals surface area contributed by atoms with Crippen molar-refractivity contribution in [3.05, 3.63) is 101 Å². The third kappa shape index (κ3) is 6.60. The van der Waals surface area contributed by atoms with Gasteiger partial charge in [0.05, 0.1) is 17.1 Å². The number of hydrogen-bond donors (Lipinski definition) is 0. The number of nitrogens with zero attached hydrogens (tertiary/aromatic N) is 3. The van der Waals surface area contributed by atoms with Crippen LogP contribution in [0.15, 0.2) is 83.9 Å². The maximum atomic E-state index is 11.8. The first-order valence-electron chi connectivity index (χ1n) is 13.6. The van der Waals surface area contributed by atoms with Gasteiger partial charge in [-0.05, 0) is 67.6 Å². The fourth-order valence-corrected chi connectivity index (χ4v) is 5.32. The molecule has 41 heavy (non-hydrogen) atoms. The predicted octanol–water partition coefficient (Wildman–Crippen LogP) is 6.66. The van der Waals surface area contributed by atoms with E-state index in [2.05, 4.69) is 57.1 Å². The van der Waals surface area contributed by atoms with Crippen LogP contribution in [-0.2, 0) is 16.2 Å². The number of aliphatic imine (C=N–C) groups is 1. The number of piperidine rings is 1. The normalized spacial score (nSPS) is 16.5. The van der Waals surface area contributed by atoms with Gasteiger partial charge < -0.3 is 9.64 Å². The van der Waals surface area contributed by atoms with Crippen LogP contribution < -0.4 is 9.64 Å². The Bertz CT molecular complexity index is 1600. The Morgan fingerprint density at radius 3 is 2.63 bits per heavy atom. The average Bonchev–Trinajstić information content (AvgIpc) is 3.41. The third-order valence-electron chi connectivity index (χ3n) is 7.27. The number of fused-ring (bicyclic) bond motifs is 2. The van der Waals surface area contributed by atoms with Crippen LogP contribution in [0.3, 0.4) is 0 Å². The standard InChI is InChI=1S/C17H14BrNO2.C16H16N2O2/c1-11(18)13-7-5-12(6-8-13)10-21-16-4-2-3-14-15(16)9-19-17(14)20;19-11-15(20)14-7-3-4-10-18(14)16-9-8-12-5-1-2-6-13(12)17-16/h2-9,11H,10H2,1H3;1-2,5-6,8-9,11,14H,3-4,7,10H2. The lowest BCUT2D eigenvalue weighted by Crippen LogP contribution is -2.45. The number of ketones is 1. The molecule has 2 aliphatic rings. The molecule has 7 nitrogen and oxygen atoms in total. The van der Waals surface area contributed by atoms with Crippen molar-refractivity contribution in [3.63, 3.8) is 0 Å². The molecule has 0 aliphatic carbocycles. The molecule has 6 rings (SSSR count). The number of hydrogen-bond acceptors (Lipinski definition) is 6. The fourth-order valence-electron chi connectivity index (χ4n) is 5.02. The van der Waals surface area contributed by atoms with Crippen molar-refractivity contribution in [1.82, 2.24) is 4.98 Å². The lowest BCUT2D eigenvalue weighted by Gasteiger charge is -2.34. The van der Waals surface area contributed by atoms with Crippen LogP contribution in [0.25, 0.3) is 10.9 Å². The number of aldehydes is 1. The van der Waals surface area contributed by atoms with Gasteiger partial charge in [-0.2, -0.15) is 0 Å². The average molecular weight is 613 g/mol. The fraction of sp³-hybridized carbons (Fsp3) is 0.242. The minimum Gasteiger partial charge on any atom is -0.488 e. The zero-order chi connectivity index (χ0) is 28.8. The van der Waals surface area contributed by atoms with Crippen LogP contribution in [0, 0.1) is 0 Å². The SMILES string of the molecule is CC(Br)c1ccc(COc2cccc3c2C=NC3=O)cc1.O=CC(=O)C1CCCCN1c1ccc2ccccc2n1. The van der Waals surface area contributed by atoms with Crippen LogP contribution in [-0.4, -0.2) is 41.8 Å². The van der Waals surface area contributed by atoms with E-state index in [4.69, 9.17) is 4.74 Å². The van der Waals surface area contributed by atoms with Gasteiger partial charge in [0.1, 0.15) is 18.2 Å². The first-order chi connectivity index (χ1) is 19.9. The number of alkyl halides is 1. The van der Waals surface area contributed by atoms with E-state index in [9.17, 15) is 14.4 Å². The number of anilines is 1. The highest BCUT2D eigenvalue weighted by atomic mass is 79.9. The summed E-state index contributed by atoms with van der Waals surface area (Å²) in [6.45, 7) is 3.33. The Labute approximate surface area is 247 Å². The largest absolute Gasteiger partial charge is 0.488 e. The van der Waals surface area contributed by atoms with Crippen LogP contribution in [0.2, 0.25) is 0 Å². The van der Waals surface area contributed by atoms with E-state index < -0.39 is 0 Å². The van der Waals surface area contributed by atoms with Crippen LogP contribution in [0.5, 0.6) is 5.75 Å². The number of amides is 1. The molecule has 1 amide bonds. The highest BCUT2D eigenvalue weighted by molar-refractivity contribution is 9.09. The highest BCUT2D eigenvalue weighted by Crippen LogP contribution is 2.27. The number of para-hydroxylation sites is 1. The lowest BCUT2D eigenvalue weighted by molar-refractivity contribution is -0.131. The number of rotatable bonds is 7. The van der Waals surface area contributed by atoms with Crippen LogP contribution >= 0.6 is 15.9 Å². The lowest BCUT2D eigenvalue weighted by atomic mass is 9.99. The molecule has 2 unspecified atom stereocenters. The molecule has 2 atom stereocenters. The zero-order valence-electron chi connectivity index (χ0n) is 22.7. The molecule has 2 aliphatic heterocycles. The minimum atomic E-state index is -0.352. The number of benzene rings is 3. The number of ether oxygens (including phenoxy) is 1. The summed E-state index contributed by atoms with van der Waals surface area (Å²) in [6.07, 6.45) is 4.74. The van der Waals surface area contributed by atoms with E-state index >= 15 is 0 Å². The Kier molecular flexibility index (Phi) is 8.99. The predicted molar refractivity (Wildman–Crippen MR) is 164 cm³/mol. The molecule has 0 radical (unpaired) electrons. The van der Waals surface area contributed by atoms with Gasteiger partial charge in [-0.15, -0.1) is 0 Å². The van der Waals surface area contributed by atoms with E-state index in [1.807, 2.05) is 53.4 Å². The monoisotopic (exact) mass is 611 g/mol. The van der Waals surface area contributed by atoms with Gasteiger partial charge in [0.15, 0.2) is 6.29 Å². The van der Waals surface area contributed by atoms with Crippen molar-refractivity contribution < 1.29 is 19.1 Å². The molecule has 3 aromatic carbocycles. The molecule has 1 aromatic heterocycles. The quantitative estimate of drug-likeness (QED) is 0.132. The molecule has 1 saturated heterocycles. The van der Waals surface area contributed by atoms with Gasteiger partial charge in [0.2, 0.25) is 5.78 Å². The molecule has 1 fully saturated rings. The second kappa shape index (κ2) is 13.0. The smallest absolute Gasteiger partial charge is 0.277 e. The molecule has 0 N–H and O–H groups in total. The molecule has 0 spiro atoms. The van der Waals surface area contributed by atoms with Gasteiger partial charge in [-0.25, -0.2) is 9.98 Å². The number of halogens is 1. The number of Topliss-reactive ketones (excluding diaryl/α,β-unsaturated/α-hetero) is 1. The Morgan fingerprint density at radius 1 is 1.05 bits per heavy atom. The molecule has 208 valence electrons. The van der Waals surface area contributed by atoms with E-state index in [0.29, 0.717) is 29.0 Å². The Balaban J connectivity index is 0.000000165. The van der Waals surface area contributed by atoms with Crippen molar-refractivity contribution >= 4 is 56.8 Å². The van der Waals surface area contributed by atoms with Crippen molar-refractivity contribution in [2.24, 2.45) is 4.99 Å². The third-order valence-corrected chi connectivity index (χ3v) is 7.79. The Hall–Kier alpha value is -4.17. The van der Waals surface area contributed by atoms with E-state index in [0.717, 1.165) is 53.7 Å². The number of carbonyl (C=O) groups is 3. The van der Waals surface area contributed by atoms with Crippen LogP contribution in [0.1, 0.15) is 58.1 Å². The molecule has 0 bridgehead atoms. The second-order valence-electron chi connectivity index (χ2n) is 10.0. The summed E-state index contributed by atoms with van der Waals surface area (Å²) < 4.78 is 5.83. The summed E-state index contributed by atoms with van der Waals surface area (Å²) in [4.78, 5) is 44.8. The van der Waals surface area contributed by atoms with Crippen molar-refractivity contribution in [1.29, 1.82) is 0 Å². The molecular weight excluding hydrogens is 582 g/mol. The van der Waals surface area contributed by atoms with Gasteiger partial charge in [0, 0.05) is 28.5 Å². The van der Waals surface area contributed by atoms with E-state index in [1.54, 1.807) is 12.3 Å². The molecular formula is C33H30BrN3O4. The number of pyridine rings is 1. The zero-order valence-corrected chi connectivity index (χ0v) is 24.3. The molecule has 0 saturated carbocycles. The second-order valence-corrected chi connectivity index (χ2v) is 11.4. The summed E-state index contributed by atoms with van der Waals surface area (Å²) in [7, 11) is 0. The van der Waals surface area contributed by atoms with Crippen molar-refractivity contribution in [2.45, 2.75) is 43.7 Å². The maximum Gasteiger partial charge on any atom is 0.277 e. The molecule has 3 heterocycles. The molecule has 8 heteroatoms. The minimum absolute atomic E-state index is 0.203. The summed E-state index contributed by atoms with van der Waals surface area (Å²) in [5.41, 5.74) is 4.61. The molecule has 4 aromatic rings. The Morgan fingerprint density at radius 2 is 1.85 bits per heavy atom.